The van der Waals surface area contributed by atoms with Crippen molar-refractivity contribution in [2.24, 2.45) is 18.9 Å². The fraction of sp³-hybridized carbons (Fsp3) is 0.810. The molecule has 0 bridgehead atoms. The minimum atomic E-state index is 0.0786. The maximum atomic E-state index is 12.8. The highest BCUT2D eigenvalue weighted by molar-refractivity contribution is 5.79. The third-order valence-corrected chi connectivity index (χ3v) is 6.75. The first-order valence-corrected chi connectivity index (χ1v) is 10.7. The number of carbonyl (C=O) groups is 1. The third-order valence-electron chi connectivity index (χ3n) is 6.75. The van der Waals surface area contributed by atoms with Gasteiger partial charge in [0.1, 0.15) is 0 Å². The zero-order chi connectivity index (χ0) is 20.3. The maximum absolute atomic E-state index is 12.8. The van der Waals surface area contributed by atoms with Gasteiger partial charge in [0, 0.05) is 63.4 Å². The summed E-state index contributed by atoms with van der Waals surface area (Å²) in [6.07, 6.45) is 3.71. The van der Waals surface area contributed by atoms with Gasteiger partial charge in [-0.05, 0) is 32.4 Å². The third kappa shape index (κ3) is 4.42. The molecule has 0 aliphatic carbocycles. The number of methoxy groups -OCH3 is 1. The Labute approximate surface area is 169 Å². The fourth-order valence-corrected chi connectivity index (χ4v) is 4.85. The second kappa shape index (κ2) is 9.37. The second-order valence-electron chi connectivity index (χ2n) is 8.47. The molecule has 1 aromatic heterocycles. The van der Waals surface area contributed by atoms with E-state index >= 15 is 0 Å². The summed E-state index contributed by atoms with van der Waals surface area (Å²) in [6, 6.07) is 0.608. The van der Waals surface area contributed by atoms with Crippen LogP contribution in [0.1, 0.15) is 44.0 Å². The first-order valence-electron chi connectivity index (χ1n) is 10.7. The highest BCUT2D eigenvalue weighted by Crippen LogP contribution is 2.39. The van der Waals surface area contributed by atoms with Crippen LogP contribution in [0.3, 0.4) is 0 Å². The van der Waals surface area contributed by atoms with Crippen LogP contribution in [-0.4, -0.2) is 78.0 Å². The lowest BCUT2D eigenvalue weighted by molar-refractivity contribution is -0.129. The summed E-state index contributed by atoms with van der Waals surface area (Å²) in [7, 11) is 3.65. The van der Waals surface area contributed by atoms with E-state index in [-0.39, 0.29) is 17.9 Å². The first-order chi connectivity index (χ1) is 13.5. The smallest absolute Gasteiger partial charge is 0.223 e. The van der Waals surface area contributed by atoms with Gasteiger partial charge in [0.15, 0.2) is 0 Å². The van der Waals surface area contributed by atoms with Gasteiger partial charge in [-0.2, -0.15) is 5.10 Å². The SMILES string of the molecule is CCN1CC[C@@H](NC[C@@H]2CC(=O)N(CCOC)[C@H]2c2cnn(C)c2C)[C@H](C)C1. The largest absolute Gasteiger partial charge is 0.383 e. The summed E-state index contributed by atoms with van der Waals surface area (Å²) in [5.41, 5.74) is 2.31. The van der Waals surface area contributed by atoms with Crippen molar-refractivity contribution in [2.75, 3.05) is 46.4 Å². The Hall–Kier alpha value is -1.44. The lowest BCUT2D eigenvalue weighted by atomic mass is 9.90. The van der Waals surface area contributed by atoms with Crippen LogP contribution >= 0.6 is 0 Å². The van der Waals surface area contributed by atoms with Crippen molar-refractivity contribution < 1.29 is 9.53 Å². The predicted octanol–water partition coefficient (Wildman–Crippen LogP) is 1.58. The van der Waals surface area contributed by atoms with Crippen molar-refractivity contribution in [2.45, 2.75) is 45.7 Å². The zero-order valence-electron chi connectivity index (χ0n) is 18.1. The number of hydrogen-bond acceptors (Lipinski definition) is 5. The number of rotatable bonds is 8. The molecule has 158 valence electrons. The van der Waals surface area contributed by atoms with Crippen molar-refractivity contribution in [1.29, 1.82) is 0 Å². The molecule has 7 heteroatoms. The lowest BCUT2D eigenvalue weighted by Crippen LogP contribution is -2.49. The van der Waals surface area contributed by atoms with Crippen molar-refractivity contribution in [3.05, 3.63) is 17.5 Å². The number of likely N-dealkylation sites (tertiary alicyclic amines) is 2. The van der Waals surface area contributed by atoms with Gasteiger partial charge in [-0.1, -0.05) is 13.8 Å². The van der Waals surface area contributed by atoms with Crippen LogP contribution in [0.5, 0.6) is 0 Å². The minimum absolute atomic E-state index is 0.0786. The van der Waals surface area contributed by atoms with Crippen molar-refractivity contribution in [1.82, 2.24) is 24.9 Å². The van der Waals surface area contributed by atoms with Gasteiger partial charge in [-0.3, -0.25) is 9.48 Å². The quantitative estimate of drug-likeness (QED) is 0.729. The van der Waals surface area contributed by atoms with E-state index in [0.29, 0.717) is 31.5 Å². The van der Waals surface area contributed by atoms with E-state index in [0.717, 1.165) is 31.9 Å². The van der Waals surface area contributed by atoms with Crippen LogP contribution in [0, 0.1) is 18.8 Å². The number of nitrogens with zero attached hydrogens (tertiary/aromatic N) is 4. The number of amides is 1. The molecule has 0 unspecified atom stereocenters. The van der Waals surface area contributed by atoms with Crippen molar-refractivity contribution >= 4 is 5.91 Å². The van der Waals surface area contributed by atoms with Gasteiger partial charge in [-0.25, -0.2) is 0 Å². The summed E-state index contributed by atoms with van der Waals surface area (Å²) in [4.78, 5) is 17.3. The van der Waals surface area contributed by atoms with E-state index in [1.54, 1.807) is 7.11 Å². The maximum Gasteiger partial charge on any atom is 0.223 e. The highest BCUT2D eigenvalue weighted by atomic mass is 16.5. The van der Waals surface area contributed by atoms with E-state index in [2.05, 4.69) is 36.1 Å². The van der Waals surface area contributed by atoms with Crippen LogP contribution in [0.15, 0.2) is 6.20 Å². The molecule has 28 heavy (non-hydrogen) atoms. The number of aryl methyl sites for hydroxylation is 1. The molecule has 0 saturated carbocycles. The Kier molecular flexibility index (Phi) is 7.12. The number of ether oxygens (including phenoxy) is 1. The standard InChI is InChI=1S/C21H37N5O2/c1-6-25-8-7-19(15(2)14-25)22-12-17-11-20(27)26(9-10-28-5)21(17)18-13-23-24(4)16(18)3/h13,15,17,19,21-22H,6-12,14H2,1-5H3/t15-,17+,19-,21-/m1/s1. The molecule has 2 aliphatic rings. The fourth-order valence-electron chi connectivity index (χ4n) is 4.85. The van der Waals surface area contributed by atoms with Crippen LogP contribution in [0.4, 0.5) is 0 Å². The number of hydrogen-bond donors (Lipinski definition) is 1. The van der Waals surface area contributed by atoms with Crippen LogP contribution in [0.2, 0.25) is 0 Å². The van der Waals surface area contributed by atoms with E-state index in [4.69, 9.17) is 4.74 Å². The molecule has 2 aliphatic heterocycles. The Morgan fingerprint density at radius 2 is 2.18 bits per heavy atom. The molecule has 1 amide bonds. The number of nitrogens with one attached hydrogen (secondary N) is 1. The van der Waals surface area contributed by atoms with Gasteiger partial charge < -0.3 is 19.9 Å². The topological polar surface area (TPSA) is 62.6 Å². The Bertz CT molecular complexity index is 661. The molecule has 1 N–H and O–H groups in total. The van der Waals surface area contributed by atoms with Gasteiger partial charge in [0.25, 0.3) is 0 Å². The minimum Gasteiger partial charge on any atom is -0.383 e. The number of piperidine rings is 1. The van der Waals surface area contributed by atoms with Crippen molar-refractivity contribution in [3.63, 3.8) is 0 Å². The van der Waals surface area contributed by atoms with Crippen LogP contribution in [0.25, 0.3) is 0 Å². The van der Waals surface area contributed by atoms with E-state index in [1.807, 2.05) is 22.8 Å². The summed E-state index contributed by atoms with van der Waals surface area (Å²) in [5.74, 6) is 1.13. The summed E-state index contributed by atoms with van der Waals surface area (Å²) < 4.78 is 7.16. The molecular weight excluding hydrogens is 354 g/mol. The number of carbonyl (C=O) groups excluding carboxylic acids is 1. The van der Waals surface area contributed by atoms with Gasteiger partial charge in [-0.15, -0.1) is 0 Å². The van der Waals surface area contributed by atoms with E-state index < -0.39 is 0 Å². The normalized spacial score (nSPS) is 29.0. The molecule has 1 aromatic rings. The van der Waals surface area contributed by atoms with E-state index in [1.165, 1.54) is 12.0 Å². The zero-order valence-corrected chi connectivity index (χ0v) is 18.1. The molecule has 0 aromatic carbocycles. The average Bonchev–Trinajstić information content (AvgIpc) is 3.17. The molecule has 0 radical (unpaired) electrons. The highest BCUT2D eigenvalue weighted by Gasteiger charge is 2.42. The molecule has 3 heterocycles. The number of aromatic nitrogens is 2. The Morgan fingerprint density at radius 1 is 1.39 bits per heavy atom. The summed E-state index contributed by atoms with van der Waals surface area (Å²) in [6.45, 7) is 12.2. The predicted molar refractivity (Wildman–Crippen MR) is 110 cm³/mol. The Balaban J connectivity index is 1.71. The van der Waals surface area contributed by atoms with Crippen LogP contribution in [-0.2, 0) is 16.6 Å². The van der Waals surface area contributed by atoms with Gasteiger partial charge >= 0.3 is 0 Å². The Morgan fingerprint density at radius 3 is 2.79 bits per heavy atom. The second-order valence-corrected chi connectivity index (χ2v) is 8.47. The molecule has 7 nitrogen and oxygen atoms in total. The molecule has 3 rings (SSSR count). The lowest BCUT2D eigenvalue weighted by Gasteiger charge is -2.38. The van der Waals surface area contributed by atoms with Crippen molar-refractivity contribution in [3.8, 4) is 0 Å². The summed E-state index contributed by atoms with van der Waals surface area (Å²) >= 11 is 0. The molecule has 2 saturated heterocycles. The van der Waals surface area contributed by atoms with Gasteiger partial charge in [0.05, 0.1) is 18.8 Å². The van der Waals surface area contributed by atoms with Gasteiger partial charge in [0.2, 0.25) is 5.91 Å². The monoisotopic (exact) mass is 391 g/mol. The molecule has 0 spiro atoms. The van der Waals surface area contributed by atoms with E-state index in [9.17, 15) is 4.79 Å². The average molecular weight is 392 g/mol. The molecular formula is C21H37N5O2. The molecule has 2 fully saturated rings. The summed E-state index contributed by atoms with van der Waals surface area (Å²) in [5, 5.41) is 8.25. The van der Waals surface area contributed by atoms with Crippen LogP contribution < -0.4 is 5.32 Å². The molecule has 4 atom stereocenters. The first kappa shape index (κ1) is 21.3.